The molecule has 0 aromatic rings. The molecule has 1 unspecified atom stereocenters. The van der Waals surface area contributed by atoms with Crippen LogP contribution in [0.15, 0.2) is 0 Å². The summed E-state index contributed by atoms with van der Waals surface area (Å²) in [5.74, 6) is 1.56. The average molecular weight is 171 g/mol. The highest BCUT2D eigenvalue weighted by Gasteiger charge is 2.27. The minimum atomic E-state index is 0.324. The van der Waals surface area contributed by atoms with Gasteiger partial charge in [-0.1, -0.05) is 20.8 Å². The third kappa shape index (κ3) is 3.14. The van der Waals surface area contributed by atoms with Gasteiger partial charge in [0.05, 0.1) is 0 Å². The van der Waals surface area contributed by atoms with E-state index in [1.165, 1.54) is 6.42 Å². The molecule has 0 rings (SSSR count). The fourth-order valence-electron chi connectivity index (χ4n) is 1.44. The van der Waals surface area contributed by atoms with Crippen LogP contribution in [0.5, 0.6) is 0 Å². The quantitative estimate of drug-likeness (QED) is 0.628. The fourth-order valence-corrected chi connectivity index (χ4v) is 1.44. The number of nitrogens with zero attached hydrogens (tertiary/aromatic N) is 1. The van der Waals surface area contributed by atoms with Crippen molar-refractivity contribution in [2.24, 2.45) is 11.8 Å². The first-order valence-corrected chi connectivity index (χ1v) is 4.96. The van der Waals surface area contributed by atoms with Crippen molar-refractivity contribution in [1.82, 2.24) is 4.90 Å². The molecular weight excluding hydrogens is 146 g/mol. The predicted octanol–water partition coefficient (Wildman–Crippen LogP) is 3.01. The van der Waals surface area contributed by atoms with Gasteiger partial charge in [-0.2, -0.15) is 0 Å². The van der Waals surface area contributed by atoms with Crippen LogP contribution in [-0.4, -0.2) is 24.5 Å². The van der Waals surface area contributed by atoms with Crippen LogP contribution in [0.3, 0.4) is 0 Å². The molecule has 0 aromatic heterocycles. The summed E-state index contributed by atoms with van der Waals surface area (Å²) >= 11 is 0. The summed E-state index contributed by atoms with van der Waals surface area (Å²) in [6.45, 7) is 11.6. The molecule has 12 heavy (non-hydrogen) atoms. The summed E-state index contributed by atoms with van der Waals surface area (Å²) in [7, 11) is 4.33. The third-order valence-corrected chi connectivity index (χ3v) is 3.18. The zero-order chi connectivity index (χ0) is 9.94. The summed E-state index contributed by atoms with van der Waals surface area (Å²) in [6.07, 6.45) is 1.31. The fraction of sp³-hybridized carbons (Fsp3) is 1.00. The Morgan fingerprint density at radius 2 is 1.50 bits per heavy atom. The average Bonchev–Trinajstić information content (AvgIpc) is 1.85. The molecule has 0 saturated heterocycles. The van der Waals surface area contributed by atoms with E-state index in [2.05, 4.69) is 53.6 Å². The zero-order valence-corrected chi connectivity index (χ0v) is 9.81. The highest BCUT2D eigenvalue weighted by molar-refractivity contribution is 4.83. The zero-order valence-electron chi connectivity index (χ0n) is 9.81. The molecule has 1 nitrogen and oxygen atoms in total. The van der Waals surface area contributed by atoms with Crippen LogP contribution in [0.4, 0.5) is 0 Å². The van der Waals surface area contributed by atoms with Gasteiger partial charge in [-0.25, -0.2) is 0 Å². The molecule has 0 bridgehead atoms. The smallest absolute Gasteiger partial charge is 0.0172 e. The Morgan fingerprint density at radius 1 is 1.08 bits per heavy atom. The molecule has 0 fully saturated rings. The van der Waals surface area contributed by atoms with Crippen molar-refractivity contribution < 1.29 is 0 Å². The maximum Gasteiger partial charge on any atom is 0.0172 e. The summed E-state index contributed by atoms with van der Waals surface area (Å²) in [4.78, 5) is 2.32. The largest absolute Gasteiger partial charge is 0.304 e. The van der Waals surface area contributed by atoms with E-state index in [1.807, 2.05) is 0 Å². The Labute approximate surface area is 78.1 Å². The molecule has 0 aliphatic heterocycles. The van der Waals surface area contributed by atoms with Crippen molar-refractivity contribution in [2.45, 2.75) is 46.6 Å². The molecule has 0 aromatic carbocycles. The molecule has 0 saturated carbocycles. The molecule has 0 aliphatic carbocycles. The molecule has 1 atom stereocenters. The van der Waals surface area contributed by atoms with E-state index in [0.29, 0.717) is 5.54 Å². The molecule has 0 heterocycles. The van der Waals surface area contributed by atoms with Crippen molar-refractivity contribution in [2.75, 3.05) is 14.1 Å². The Morgan fingerprint density at radius 3 is 1.75 bits per heavy atom. The van der Waals surface area contributed by atoms with E-state index in [4.69, 9.17) is 0 Å². The normalized spacial score (nSPS) is 15.8. The van der Waals surface area contributed by atoms with Crippen molar-refractivity contribution in [3.63, 3.8) is 0 Å². The van der Waals surface area contributed by atoms with E-state index < -0.39 is 0 Å². The second-order valence-corrected chi connectivity index (χ2v) is 5.08. The Kier molecular flexibility index (Phi) is 4.25. The van der Waals surface area contributed by atoms with Crippen LogP contribution in [0, 0.1) is 11.8 Å². The number of hydrogen-bond donors (Lipinski definition) is 0. The van der Waals surface area contributed by atoms with Crippen molar-refractivity contribution in [3.05, 3.63) is 0 Å². The van der Waals surface area contributed by atoms with Crippen molar-refractivity contribution in [3.8, 4) is 0 Å². The molecule has 0 radical (unpaired) electrons. The van der Waals surface area contributed by atoms with Gasteiger partial charge >= 0.3 is 0 Å². The first-order chi connectivity index (χ1) is 5.28. The van der Waals surface area contributed by atoms with Gasteiger partial charge < -0.3 is 4.90 Å². The molecule has 0 aliphatic rings. The lowest BCUT2D eigenvalue weighted by Crippen LogP contribution is -2.44. The number of rotatable bonds is 4. The summed E-state index contributed by atoms with van der Waals surface area (Å²) in [6, 6.07) is 0. The second-order valence-electron chi connectivity index (χ2n) is 5.08. The van der Waals surface area contributed by atoms with Gasteiger partial charge in [0.25, 0.3) is 0 Å². The molecule has 0 N–H and O–H groups in total. The molecule has 0 amide bonds. The maximum absolute atomic E-state index is 2.35. The van der Waals surface area contributed by atoms with Crippen LogP contribution in [0.1, 0.15) is 41.0 Å². The van der Waals surface area contributed by atoms with E-state index >= 15 is 0 Å². The highest BCUT2D eigenvalue weighted by atomic mass is 15.1. The molecule has 0 spiro atoms. The lowest BCUT2D eigenvalue weighted by molar-refractivity contribution is 0.112. The van der Waals surface area contributed by atoms with Gasteiger partial charge in [0.2, 0.25) is 0 Å². The van der Waals surface area contributed by atoms with Crippen molar-refractivity contribution in [1.29, 1.82) is 0 Å². The van der Waals surface area contributed by atoms with Crippen LogP contribution < -0.4 is 0 Å². The van der Waals surface area contributed by atoms with Gasteiger partial charge in [0.1, 0.15) is 0 Å². The van der Waals surface area contributed by atoms with E-state index in [1.54, 1.807) is 0 Å². The second kappa shape index (κ2) is 4.27. The van der Waals surface area contributed by atoms with Crippen molar-refractivity contribution >= 4 is 0 Å². The minimum absolute atomic E-state index is 0.324. The first-order valence-electron chi connectivity index (χ1n) is 4.96. The molecule has 74 valence electrons. The Hall–Kier alpha value is -0.0400. The SMILES string of the molecule is CC(C)CC(C)C(C)(C)N(C)C. The van der Waals surface area contributed by atoms with Gasteiger partial charge in [0, 0.05) is 5.54 Å². The van der Waals surface area contributed by atoms with Gasteiger partial charge in [-0.05, 0) is 46.2 Å². The van der Waals surface area contributed by atoms with Crippen LogP contribution in [0.2, 0.25) is 0 Å². The van der Waals surface area contributed by atoms with Gasteiger partial charge in [0.15, 0.2) is 0 Å². The highest BCUT2D eigenvalue weighted by Crippen LogP contribution is 2.27. The standard InChI is InChI=1S/C11H25N/c1-9(2)8-10(3)11(4,5)12(6)7/h9-10H,8H2,1-7H3. The van der Waals surface area contributed by atoms with Crippen LogP contribution >= 0.6 is 0 Å². The molecule has 1 heteroatoms. The topological polar surface area (TPSA) is 3.24 Å². The van der Waals surface area contributed by atoms with Crippen LogP contribution in [-0.2, 0) is 0 Å². The van der Waals surface area contributed by atoms with E-state index in [9.17, 15) is 0 Å². The first kappa shape index (κ1) is 12.0. The van der Waals surface area contributed by atoms with Gasteiger partial charge in [-0.3, -0.25) is 0 Å². The summed E-state index contributed by atoms with van der Waals surface area (Å²) < 4.78 is 0. The lowest BCUT2D eigenvalue weighted by atomic mass is 9.82. The monoisotopic (exact) mass is 171 g/mol. The predicted molar refractivity (Wildman–Crippen MR) is 56.4 cm³/mol. The van der Waals surface area contributed by atoms with E-state index in [0.717, 1.165) is 11.8 Å². The Balaban J connectivity index is 4.15. The van der Waals surface area contributed by atoms with Gasteiger partial charge in [-0.15, -0.1) is 0 Å². The van der Waals surface area contributed by atoms with E-state index in [-0.39, 0.29) is 0 Å². The third-order valence-electron chi connectivity index (χ3n) is 3.18. The minimum Gasteiger partial charge on any atom is -0.304 e. The summed E-state index contributed by atoms with van der Waals surface area (Å²) in [5.41, 5.74) is 0.324. The maximum atomic E-state index is 2.35. The lowest BCUT2D eigenvalue weighted by Gasteiger charge is -2.39. The Bertz CT molecular complexity index is 125. The summed E-state index contributed by atoms with van der Waals surface area (Å²) in [5, 5.41) is 0. The van der Waals surface area contributed by atoms with Crippen LogP contribution in [0.25, 0.3) is 0 Å². The number of hydrogen-bond acceptors (Lipinski definition) is 1. The molecular formula is C11H25N.